The van der Waals surface area contributed by atoms with Crippen molar-refractivity contribution in [1.82, 2.24) is 0 Å². The van der Waals surface area contributed by atoms with Gasteiger partial charge in [0.05, 0.1) is 6.10 Å². The van der Waals surface area contributed by atoms with E-state index < -0.39 is 12.1 Å². The molecule has 4 fully saturated rings. The first-order chi connectivity index (χ1) is 14.6. The number of aliphatic hydroxyl groups excluding tert-OH is 1. The van der Waals surface area contributed by atoms with Crippen LogP contribution in [0, 0.1) is 40.4 Å². The van der Waals surface area contributed by atoms with Gasteiger partial charge in [-0.05, 0) is 85.9 Å². The zero-order valence-electron chi connectivity index (χ0n) is 19.4. The molecule has 0 aromatic rings. The van der Waals surface area contributed by atoms with Crippen LogP contribution in [-0.2, 0) is 23.9 Å². The Kier molecular flexibility index (Phi) is 5.99. The van der Waals surface area contributed by atoms with Gasteiger partial charge < -0.3 is 14.6 Å². The summed E-state index contributed by atoms with van der Waals surface area (Å²) in [6.45, 7) is 7.20. The normalized spacial score (nSPS) is 46.3. The Morgan fingerprint density at radius 1 is 0.968 bits per heavy atom. The molecule has 0 amide bonds. The van der Waals surface area contributed by atoms with E-state index in [4.69, 9.17) is 9.47 Å². The summed E-state index contributed by atoms with van der Waals surface area (Å²) in [6.07, 6.45) is 6.98. The van der Waals surface area contributed by atoms with Crippen molar-refractivity contribution < 1.29 is 29.0 Å². The highest BCUT2D eigenvalue weighted by Crippen LogP contribution is 2.67. The van der Waals surface area contributed by atoms with E-state index in [0.29, 0.717) is 24.2 Å². The number of rotatable bonds is 4. The molecule has 0 bridgehead atoms. The van der Waals surface area contributed by atoms with Crippen molar-refractivity contribution in [2.24, 2.45) is 40.4 Å². The largest absolute Gasteiger partial charge is 0.463 e. The second-order valence-electron chi connectivity index (χ2n) is 11.2. The number of hydrogen-bond acceptors (Lipinski definition) is 6. The van der Waals surface area contributed by atoms with E-state index in [0.717, 1.165) is 44.9 Å². The number of Topliss-reactive ketones (excluding diaryl/α,β-unsaturated/α-hetero) is 1. The summed E-state index contributed by atoms with van der Waals surface area (Å²) in [7, 11) is 0. The van der Waals surface area contributed by atoms with Crippen molar-refractivity contribution >= 4 is 17.7 Å². The number of ether oxygens (including phenoxy) is 2. The van der Waals surface area contributed by atoms with Crippen molar-refractivity contribution in [1.29, 1.82) is 0 Å². The standard InChI is InChI=1S/C25H38O6/c1-14(26)30-13-22(29)20-8-7-19-18-6-5-16-11-17(31-15(2)27)9-10-24(16,3)23(18)21(28)12-25(19,20)4/h16-21,23,28H,5-13H2,1-4H3. The van der Waals surface area contributed by atoms with Gasteiger partial charge in [-0.3, -0.25) is 14.4 Å². The predicted molar refractivity (Wildman–Crippen MR) is 114 cm³/mol. The van der Waals surface area contributed by atoms with Gasteiger partial charge in [0.1, 0.15) is 12.7 Å². The third-order valence-corrected chi connectivity index (χ3v) is 9.68. The molecule has 0 aromatic carbocycles. The van der Waals surface area contributed by atoms with Crippen LogP contribution in [-0.4, -0.2) is 41.6 Å². The fourth-order valence-electron chi connectivity index (χ4n) is 8.49. The molecule has 1 N–H and O–H groups in total. The van der Waals surface area contributed by atoms with E-state index >= 15 is 0 Å². The van der Waals surface area contributed by atoms with Crippen LogP contribution in [0.1, 0.15) is 79.1 Å². The van der Waals surface area contributed by atoms with Crippen LogP contribution in [0.3, 0.4) is 0 Å². The molecule has 6 heteroatoms. The van der Waals surface area contributed by atoms with Gasteiger partial charge in [0.2, 0.25) is 0 Å². The zero-order chi connectivity index (χ0) is 22.6. The number of fused-ring (bicyclic) bond motifs is 5. The lowest BCUT2D eigenvalue weighted by atomic mass is 9.44. The Labute approximate surface area is 185 Å². The SMILES string of the molecule is CC(=O)OCC(=O)C1CCC2C3CCC4CC(OC(C)=O)CCC4(C)C3C(O)CC12C. The summed E-state index contributed by atoms with van der Waals surface area (Å²) in [5, 5.41) is 11.5. The number of carbonyl (C=O) groups excluding carboxylic acids is 3. The first-order valence-corrected chi connectivity index (χ1v) is 12.1. The van der Waals surface area contributed by atoms with Gasteiger partial charge in [-0.2, -0.15) is 0 Å². The minimum atomic E-state index is -0.425. The number of ketones is 1. The molecule has 4 aliphatic carbocycles. The Bertz CT molecular complexity index is 748. The van der Waals surface area contributed by atoms with E-state index in [-0.39, 0.29) is 47.1 Å². The molecule has 0 aliphatic heterocycles. The smallest absolute Gasteiger partial charge is 0.303 e. The van der Waals surface area contributed by atoms with E-state index in [1.165, 1.54) is 13.8 Å². The monoisotopic (exact) mass is 434 g/mol. The maximum Gasteiger partial charge on any atom is 0.303 e. The minimum absolute atomic E-state index is 0.00707. The fraction of sp³-hybridized carbons (Fsp3) is 0.880. The van der Waals surface area contributed by atoms with Crippen LogP contribution >= 0.6 is 0 Å². The summed E-state index contributed by atoms with van der Waals surface area (Å²) in [5.74, 6) is 0.797. The number of carbonyl (C=O) groups is 3. The summed E-state index contributed by atoms with van der Waals surface area (Å²) < 4.78 is 10.6. The second kappa shape index (κ2) is 8.17. The molecule has 9 atom stereocenters. The summed E-state index contributed by atoms with van der Waals surface area (Å²) in [4.78, 5) is 35.5. The molecule has 4 aliphatic rings. The molecule has 4 rings (SSSR count). The van der Waals surface area contributed by atoms with E-state index in [1.807, 2.05) is 0 Å². The van der Waals surface area contributed by atoms with E-state index in [1.54, 1.807) is 0 Å². The van der Waals surface area contributed by atoms with Gasteiger partial charge in [-0.1, -0.05) is 13.8 Å². The predicted octanol–water partition coefficient (Wildman–Crippen LogP) is 3.68. The van der Waals surface area contributed by atoms with Gasteiger partial charge in [-0.15, -0.1) is 0 Å². The molecule has 6 nitrogen and oxygen atoms in total. The summed E-state index contributed by atoms with van der Waals surface area (Å²) in [5.41, 5.74) is -0.171. The topological polar surface area (TPSA) is 89.9 Å². The molecule has 0 radical (unpaired) electrons. The van der Waals surface area contributed by atoms with Crippen LogP contribution in [0.4, 0.5) is 0 Å². The van der Waals surface area contributed by atoms with Gasteiger partial charge in [0.15, 0.2) is 5.78 Å². The lowest BCUT2D eigenvalue weighted by Crippen LogP contribution is -2.59. The number of aliphatic hydroxyl groups is 1. The summed E-state index contributed by atoms with van der Waals surface area (Å²) >= 11 is 0. The average molecular weight is 435 g/mol. The highest BCUT2D eigenvalue weighted by molar-refractivity contribution is 5.85. The van der Waals surface area contributed by atoms with Crippen molar-refractivity contribution in [2.75, 3.05) is 6.61 Å². The van der Waals surface area contributed by atoms with Gasteiger partial charge in [-0.25, -0.2) is 0 Å². The van der Waals surface area contributed by atoms with Gasteiger partial charge >= 0.3 is 11.9 Å². The molecule has 31 heavy (non-hydrogen) atoms. The first-order valence-electron chi connectivity index (χ1n) is 12.1. The highest BCUT2D eigenvalue weighted by Gasteiger charge is 2.64. The van der Waals surface area contributed by atoms with Gasteiger partial charge in [0.25, 0.3) is 0 Å². The van der Waals surface area contributed by atoms with Crippen LogP contribution in [0.25, 0.3) is 0 Å². The van der Waals surface area contributed by atoms with Crippen molar-refractivity contribution in [3.8, 4) is 0 Å². The Hall–Kier alpha value is -1.43. The average Bonchev–Trinajstić information content (AvgIpc) is 3.02. The van der Waals surface area contributed by atoms with Crippen molar-refractivity contribution in [3.63, 3.8) is 0 Å². The lowest BCUT2D eigenvalue weighted by molar-refractivity contribution is -0.185. The maximum absolute atomic E-state index is 12.9. The van der Waals surface area contributed by atoms with E-state index in [2.05, 4.69) is 13.8 Å². The quantitative estimate of drug-likeness (QED) is 0.679. The molecule has 0 aromatic heterocycles. The number of esters is 2. The van der Waals surface area contributed by atoms with Crippen LogP contribution < -0.4 is 0 Å². The second-order valence-corrected chi connectivity index (χ2v) is 11.2. The molecular weight excluding hydrogens is 396 g/mol. The minimum Gasteiger partial charge on any atom is -0.463 e. The highest BCUT2D eigenvalue weighted by atomic mass is 16.5. The van der Waals surface area contributed by atoms with Crippen LogP contribution in [0.5, 0.6) is 0 Å². The molecule has 0 saturated heterocycles. The van der Waals surface area contributed by atoms with Crippen LogP contribution in [0.2, 0.25) is 0 Å². The van der Waals surface area contributed by atoms with Crippen molar-refractivity contribution in [2.45, 2.75) is 91.3 Å². The first kappa shape index (κ1) is 22.8. The molecule has 174 valence electrons. The Morgan fingerprint density at radius 3 is 2.39 bits per heavy atom. The third-order valence-electron chi connectivity index (χ3n) is 9.68. The number of hydrogen-bond donors (Lipinski definition) is 1. The van der Waals surface area contributed by atoms with Crippen molar-refractivity contribution in [3.05, 3.63) is 0 Å². The summed E-state index contributed by atoms with van der Waals surface area (Å²) in [6, 6.07) is 0. The maximum atomic E-state index is 12.9. The molecule has 0 spiro atoms. The van der Waals surface area contributed by atoms with Crippen LogP contribution in [0.15, 0.2) is 0 Å². The molecular formula is C25H38O6. The molecule has 9 unspecified atom stereocenters. The van der Waals surface area contributed by atoms with E-state index in [9.17, 15) is 19.5 Å². The Balaban J connectivity index is 1.53. The molecule has 4 saturated carbocycles. The Morgan fingerprint density at radius 2 is 1.71 bits per heavy atom. The van der Waals surface area contributed by atoms with Gasteiger partial charge in [0, 0.05) is 19.8 Å². The fourth-order valence-corrected chi connectivity index (χ4v) is 8.49. The third kappa shape index (κ3) is 3.83. The molecule has 0 heterocycles. The zero-order valence-corrected chi connectivity index (χ0v) is 19.4. The lowest BCUT2D eigenvalue weighted by Gasteiger charge is -2.62.